The van der Waals surface area contributed by atoms with Gasteiger partial charge >= 0.3 is 0 Å². The molecular weight excluding hydrogens is 248 g/mol. The molecule has 3 atom stereocenters. The second kappa shape index (κ2) is 8.35. The van der Waals surface area contributed by atoms with E-state index >= 15 is 0 Å². The molecule has 3 unspecified atom stereocenters. The Bertz CT molecular complexity index is 268. The SMILES string of the molecule is CCCNC1CCN(CCCOCC2CC2)C(C)C1C. The fourth-order valence-electron chi connectivity index (χ4n) is 3.28. The first kappa shape index (κ1) is 16.3. The van der Waals surface area contributed by atoms with E-state index in [1.54, 1.807) is 0 Å². The summed E-state index contributed by atoms with van der Waals surface area (Å²) < 4.78 is 5.75. The quantitative estimate of drug-likeness (QED) is 0.658. The van der Waals surface area contributed by atoms with Gasteiger partial charge in [0.2, 0.25) is 0 Å². The Morgan fingerprint density at radius 3 is 2.70 bits per heavy atom. The summed E-state index contributed by atoms with van der Waals surface area (Å²) in [7, 11) is 0. The highest BCUT2D eigenvalue weighted by molar-refractivity contribution is 4.88. The first-order valence-corrected chi connectivity index (χ1v) is 8.77. The molecule has 20 heavy (non-hydrogen) atoms. The summed E-state index contributed by atoms with van der Waals surface area (Å²) in [5.41, 5.74) is 0. The zero-order valence-corrected chi connectivity index (χ0v) is 13.7. The molecule has 1 aliphatic heterocycles. The molecule has 118 valence electrons. The van der Waals surface area contributed by atoms with Gasteiger partial charge in [-0.2, -0.15) is 0 Å². The van der Waals surface area contributed by atoms with Crippen molar-refractivity contribution in [1.82, 2.24) is 10.2 Å². The highest BCUT2D eigenvalue weighted by atomic mass is 16.5. The van der Waals surface area contributed by atoms with Crippen LogP contribution in [0.25, 0.3) is 0 Å². The first-order chi connectivity index (χ1) is 9.72. The molecule has 3 heteroatoms. The summed E-state index contributed by atoms with van der Waals surface area (Å²) in [6, 6.07) is 1.41. The van der Waals surface area contributed by atoms with Crippen LogP contribution in [0.2, 0.25) is 0 Å². The number of nitrogens with zero attached hydrogens (tertiary/aromatic N) is 1. The summed E-state index contributed by atoms with van der Waals surface area (Å²) in [5.74, 6) is 1.65. The van der Waals surface area contributed by atoms with Gasteiger partial charge in [-0.1, -0.05) is 13.8 Å². The number of ether oxygens (including phenoxy) is 1. The molecule has 1 aliphatic carbocycles. The van der Waals surface area contributed by atoms with Crippen LogP contribution in [0.3, 0.4) is 0 Å². The minimum absolute atomic E-state index is 0.696. The zero-order chi connectivity index (χ0) is 14.4. The van der Waals surface area contributed by atoms with Gasteiger partial charge in [-0.15, -0.1) is 0 Å². The van der Waals surface area contributed by atoms with Crippen molar-refractivity contribution in [2.24, 2.45) is 11.8 Å². The smallest absolute Gasteiger partial charge is 0.0494 e. The zero-order valence-electron chi connectivity index (χ0n) is 13.7. The number of nitrogens with one attached hydrogen (secondary N) is 1. The van der Waals surface area contributed by atoms with E-state index in [2.05, 4.69) is 31.0 Å². The van der Waals surface area contributed by atoms with Crippen molar-refractivity contribution in [3.8, 4) is 0 Å². The molecule has 0 bridgehead atoms. The normalized spacial score (nSPS) is 31.6. The van der Waals surface area contributed by atoms with Gasteiger partial charge < -0.3 is 15.0 Å². The first-order valence-electron chi connectivity index (χ1n) is 8.77. The van der Waals surface area contributed by atoms with Crippen LogP contribution >= 0.6 is 0 Å². The van der Waals surface area contributed by atoms with Gasteiger partial charge in [0.25, 0.3) is 0 Å². The van der Waals surface area contributed by atoms with E-state index in [9.17, 15) is 0 Å². The van der Waals surface area contributed by atoms with Crippen molar-refractivity contribution >= 4 is 0 Å². The molecule has 2 aliphatic rings. The molecule has 2 rings (SSSR count). The van der Waals surface area contributed by atoms with Gasteiger partial charge in [-0.05, 0) is 64.0 Å². The standard InChI is InChI=1S/C17H34N2O/c1-4-9-18-17-8-11-19(15(3)14(17)2)10-5-12-20-13-16-6-7-16/h14-18H,4-13H2,1-3H3. The molecular formula is C17H34N2O. The van der Waals surface area contributed by atoms with E-state index < -0.39 is 0 Å². The largest absolute Gasteiger partial charge is 0.381 e. The summed E-state index contributed by atoms with van der Waals surface area (Å²) in [5, 5.41) is 3.72. The second-order valence-electron chi connectivity index (χ2n) is 6.86. The predicted octanol–water partition coefficient (Wildman–Crippen LogP) is 2.90. The van der Waals surface area contributed by atoms with E-state index in [4.69, 9.17) is 4.74 Å². The summed E-state index contributed by atoms with van der Waals surface area (Å²) in [4.78, 5) is 2.66. The third kappa shape index (κ3) is 5.01. The summed E-state index contributed by atoms with van der Waals surface area (Å²) in [6.07, 6.45) is 6.52. The third-order valence-corrected chi connectivity index (χ3v) is 5.14. The molecule has 0 aromatic rings. The summed E-state index contributed by atoms with van der Waals surface area (Å²) >= 11 is 0. The number of likely N-dealkylation sites (tertiary alicyclic amines) is 1. The van der Waals surface area contributed by atoms with Crippen LogP contribution < -0.4 is 5.32 Å². The topological polar surface area (TPSA) is 24.5 Å². The molecule has 1 N–H and O–H groups in total. The highest BCUT2D eigenvalue weighted by Crippen LogP contribution is 2.28. The molecule has 0 aromatic heterocycles. The van der Waals surface area contributed by atoms with E-state index in [0.29, 0.717) is 12.1 Å². The lowest BCUT2D eigenvalue weighted by molar-refractivity contribution is 0.0651. The van der Waals surface area contributed by atoms with Gasteiger partial charge in [0.15, 0.2) is 0 Å². The molecule has 3 nitrogen and oxygen atoms in total. The van der Waals surface area contributed by atoms with E-state index in [1.807, 2.05) is 0 Å². The maximum Gasteiger partial charge on any atom is 0.0494 e. The van der Waals surface area contributed by atoms with Gasteiger partial charge in [0, 0.05) is 31.8 Å². The maximum atomic E-state index is 5.75. The minimum atomic E-state index is 0.696. The van der Waals surface area contributed by atoms with Crippen LogP contribution in [-0.2, 0) is 4.74 Å². The molecule has 0 spiro atoms. The van der Waals surface area contributed by atoms with Crippen LogP contribution in [0.5, 0.6) is 0 Å². The average molecular weight is 282 g/mol. The lowest BCUT2D eigenvalue weighted by Crippen LogP contribution is -2.53. The Hall–Kier alpha value is -0.120. The van der Waals surface area contributed by atoms with Crippen molar-refractivity contribution in [3.05, 3.63) is 0 Å². The van der Waals surface area contributed by atoms with Crippen LogP contribution in [0.4, 0.5) is 0 Å². The number of piperidine rings is 1. The predicted molar refractivity (Wildman–Crippen MR) is 85.1 cm³/mol. The van der Waals surface area contributed by atoms with E-state index in [1.165, 1.54) is 45.2 Å². The molecule has 0 amide bonds. The average Bonchev–Trinajstić information content (AvgIpc) is 3.26. The Labute approximate surface area is 125 Å². The lowest BCUT2D eigenvalue weighted by Gasteiger charge is -2.43. The molecule has 1 saturated heterocycles. The van der Waals surface area contributed by atoms with Gasteiger partial charge in [0.05, 0.1) is 0 Å². The number of hydrogen-bond acceptors (Lipinski definition) is 3. The Morgan fingerprint density at radius 1 is 1.20 bits per heavy atom. The molecule has 1 saturated carbocycles. The van der Waals surface area contributed by atoms with Crippen LogP contribution in [0.1, 0.15) is 52.9 Å². The number of rotatable bonds is 9. The van der Waals surface area contributed by atoms with Crippen molar-refractivity contribution in [3.63, 3.8) is 0 Å². The minimum Gasteiger partial charge on any atom is -0.381 e. The van der Waals surface area contributed by atoms with Crippen LogP contribution in [-0.4, -0.2) is 49.8 Å². The third-order valence-electron chi connectivity index (χ3n) is 5.14. The van der Waals surface area contributed by atoms with Crippen LogP contribution in [0, 0.1) is 11.8 Å². The Balaban J connectivity index is 1.60. The monoisotopic (exact) mass is 282 g/mol. The van der Waals surface area contributed by atoms with Gasteiger partial charge in [-0.25, -0.2) is 0 Å². The second-order valence-corrected chi connectivity index (χ2v) is 6.86. The van der Waals surface area contributed by atoms with Gasteiger partial charge in [-0.3, -0.25) is 0 Å². The van der Waals surface area contributed by atoms with Crippen molar-refractivity contribution in [2.75, 3.05) is 32.8 Å². The van der Waals surface area contributed by atoms with Crippen molar-refractivity contribution < 1.29 is 4.74 Å². The van der Waals surface area contributed by atoms with E-state index in [0.717, 1.165) is 31.6 Å². The van der Waals surface area contributed by atoms with Crippen molar-refractivity contribution in [2.45, 2.75) is 65.0 Å². The fraction of sp³-hybridized carbons (Fsp3) is 1.00. The highest BCUT2D eigenvalue weighted by Gasteiger charge is 2.31. The van der Waals surface area contributed by atoms with Crippen molar-refractivity contribution in [1.29, 1.82) is 0 Å². The number of hydrogen-bond donors (Lipinski definition) is 1. The van der Waals surface area contributed by atoms with Gasteiger partial charge in [0.1, 0.15) is 0 Å². The molecule has 2 fully saturated rings. The Morgan fingerprint density at radius 2 is 2.00 bits per heavy atom. The fourth-order valence-corrected chi connectivity index (χ4v) is 3.28. The summed E-state index contributed by atoms with van der Waals surface area (Å²) in [6.45, 7) is 12.6. The van der Waals surface area contributed by atoms with Crippen LogP contribution in [0.15, 0.2) is 0 Å². The van der Waals surface area contributed by atoms with E-state index in [-0.39, 0.29) is 0 Å². The maximum absolute atomic E-state index is 5.75. The molecule has 0 radical (unpaired) electrons. The molecule has 1 heterocycles. The lowest BCUT2D eigenvalue weighted by atomic mass is 9.87. The molecule has 0 aromatic carbocycles. The Kier molecular flexibility index (Phi) is 6.79.